The van der Waals surface area contributed by atoms with Gasteiger partial charge in [0.15, 0.2) is 5.13 Å². The van der Waals surface area contributed by atoms with Crippen LogP contribution >= 0.6 is 11.3 Å². The molecule has 0 aliphatic heterocycles. The highest BCUT2D eigenvalue weighted by Gasteiger charge is 2.14. The van der Waals surface area contributed by atoms with Crippen molar-refractivity contribution in [3.05, 3.63) is 70.1 Å². The molecule has 3 aromatic rings. The van der Waals surface area contributed by atoms with E-state index in [0.29, 0.717) is 11.7 Å². The van der Waals surface area contributed by atoms with Gasteiger partial charge in [0.1, 0.15) is 17.4 Å². The van der Waals surface area contributed by atoms with Crippen molar-refractivity contribution in [2.75, 3.05) is 11.9 Å². The third-order valence-corrected chi connectivity index (χ3v) is 6.16. The molecule has 4 rings (SSSR count). The highest BCUT2D eigenvalue weighted by atomic mass is 32.1. The first kappa shape index (κ1) is 21.8. The number of hydrogen-bond donors (Lipinski definition) is 1. The lowest BCUT2D eigenvalue weighted by Crippen LogP contribution is -2.13. The molecule has 5 nitrogen and oxygen atoms in total. The number of aryl methyl sites for hydroxylation is 2. The van der Waals surface area contributed by atoms with Crippen molar-refractivity contribution in [2.45, 2.75) is 39.0 Å². The van der Waals surface area contributed by atoms with Crippen LogP contribution in [0.4, 0.5) is 5.13 Å². The van der Waals surface area contributed by atoms with Gasteiger partial charge in [0.2, 0.25) is 0 Å². The van der Waals surface area contributed by atoms with Gasteiger partial charge in [-0.05, 0) is 73.1 Å². The van der Waals surface area contributed by atoms with Crippen molar-refractivity contribution in [2.24, 2.45) is 0 Å². The number of carbonyl (C=O) groups is 1. The minimum absolute atomic E-state index is 0.0257. The topological polar surface area (TPSA) is 75.0 Å². The maximum absolute atomic E-state index is 12.6. The SMILES string of the molecule is CCCOc1ccc(/C=C(\C#N)C(=O)Nc2nc(-c3ccc4c(c3)CCCC4)cs2)cc1. The lowest BCUT2D eigenvalue weighted by Gasteiger charge is -2.16. The van der Waals surface area contributed by atoms with Gasteiger partial charge >= 0.3 is 0 Å². The largest absolute Gasteiger partial charge is 0.494 e. The van der Waals surface area contributed by atoms with E-state index in [1.165, 1.54) is 35.3 Å². The quantitative estimate of drug-likeness (QED) is 0.358. The molecule has 162 valence electrons. The number of rotatable bonds is 7. The van der Waals surface area contributed by atoms with Gasteiger partial charge in [-0.3, -0.25) is 10.1 Å². The van der Waals surface area contributed by atoms with Crippen molar-refractivity contribution in [1.29, 1.82) is 5.26 Å². The van der Waals surface area contributed by atoms with Crippen LogP contribution in [0.25, 0.3) is 17.3 Å². The fourth-order valence-corrected chi connectivity index (χ4v) is 4.43. The fraction of sp³-hybridized carbons (Fsp3) is 0.269. The predicted octanol–water partition coefficient (Wildman–Crippen LogP) is 6.02. The Kier molecular flexibility index (Phi) is 6.98. The van der Waals surface area contributed by atoms with Crippen LogP contribution < -0.4 is 10.1 Å². The number of carbonyl (C=O) groups excluding carboxylic acids is 1. The zero-order valence-corrected chi connectivity index (χ0v) is 18.9. The normalized spacial score (nSPS) is 13.2. The number of fused-ring (bicyclic) bond motifs is 1. The second-order valence-corrected chi connectivity index (χ2v) is 8.63. The third kappa shape index (κ3) is 5.24. The third-order valence-electron chi connectivity index (χ3n) is 5.40. The van der Waals surface area contributed by atoms with Gasteiger partial charge in [-0.25, -0.2) is 4.98 Å². The maximum Gasteiger partial charge on any atom is 0.268 e. The Morgan fingerprint density at radius 1 is 1.19 bits per heavy atom. The van der Waals surface area contributed by atoms with Gasteiger partial charge in [-0.15, -0.1) is 11.3 Å². The Morgan fingerprint density at radius 3 is 2.72 bits per heavy atom. The number of ether oxygens (including phenoxy) is 1. The number of thiazole rings is 1. The molecule has 0 radical (unpaired) electrons. The van der Waals surface area contributed by atoms with E-state index in [2.05, 4.69) is 28.5 Å². The summed E-state index contributed by atoms with van der Waals surface area (Å²) < 4.78 is 5.57. The number of anilines is 1. The van der Waals surface area contributed by atoms with Crippen molar-refractivity contribution in [3.63, 3.8) is 0 Å². The molecule has 32 heavy (non-hydrogen) atoms. The van der Waals surface area contributed by atoms with Crippen molar-refractivity contribution >= 4 is 28.5 Å². The van der Waals surface area contributed by atoms with Crippen molar-refractivity contribution in [3.8, 4) is 23.1 Å². The fourth-order valence-electron chi connectivity index (χ4n) is 3.72. The minimum Gasteiger partial charge on any atom is -0.494 e. The lowest BCUT2D eigenvalue weighted by atomic mass is 9.90. The van der Waals surface area contributed by atoms with E-state index in [1.807, 2.05) is 42.6 Å². The number of nitrogens with one attached hydrogen (secondary N) is 1. The molecule has 6 heteroatoms. The summed E-state index contributed by atoms with van der Waals surface area (Å²) in [6.07, 6.45) is 7.24. The molecule has 1 aliphatic carbocycles. The Hall–Kier alpha value is -3.43. The smallest absolute Gasteiger partial charge is 0.268 e. The summed E-state index contributed by atoms with van der Waals surface area (Å²) in [6.45, 7) is 2.70. The Morgan fingerprint density at radius 2 is 1.97 bits per heavy atom. The average Bonchev–Trinajstić information content (AvgIpc) is 3.30. The molecule has 0 saturated heterocycles. The molecular weight excluding hydrogens is 418 g/mol. The van der Waals surface area contributed by atoms with Gasteiger partial charge in [-0.1, -0.05) is 31.2 Å². The monoisotopic (exact) mass is 443 g/mol. The second kappa shape index (κ2) is 10.3. The summed E-state index contributed by atoms with van der Waals surface area (Å²) in [6, 6.07) is 15.8. The molecular formula is C26H25N3O2S. The van der Waals surface area contributed by atoms with E-state index in [4.69, 9.17) is 4.74 Å². The van der Waals surface area contributed by atoms with E-state index >= 15 is 0 Å². The first-order valence-electron chi connectivity index (χ1n) is 10.9. The highest BCUT2D eigenvalue weighted by Crippen LogP contribution is 2.30. The zero-order chi connectivity index (χ0) is 22.3. The minimum atomic E-state index is -0.467. The summed E-state index contributed by atoms with van der Waals surface area (Å²) in [5, 5.41) is 14.7. The highest BCUT2D eigenvalue weighted by molar-refractivity contribution is 7.14. The van der Waals surface area contributed by atoms with Gasteiger partial charge in [0.05, 0.1) is 12.3 Å². The zero-order valence-electron chi connectivity index (χ0n) is 18.1. The first-order chi connectivity index (χ1) is 15.7. The molecule has 0 fully saturated rings. The maximum atomic E-state index is 12.6. The molecule has 0 spiro atoms. The molecule has 0 bridgehead atoms. The Balaban J connectivity index is 1.44. The van der Waals surface area contributed by atoms with Crippen LogP contribution in [0.5, 0.6) is 5.75 Å². The number of hydrogen-bond acceptors (Lipinski definition) is 5. The molecule has 1 amide bonds. The number of nitriles is 1. The van der Waals surface area contributed by atoms with E-state index in [9.17, 15) is 10.1 Å². The van der Waals surface area contributed by atoms with Crippen LogP contribution in [-0.4, -0.2) is 17.5 Å². The summed E-state index contributed by atoms with van der Waals surface area (Å²) in [5.41, 5.74) is 5.51. The lowest BCUT2D eigenvalue weighted by molar-refractivity contribution is -0.112. The van der Waals surface area contributed by atoms with Crippen molar-refractivity contribution in [1.82, 2.24) is 4.98 Å². The van der Waals surface area contributed by atoms with Crippen LogP contribution in [-0.2, 0) is 17.6 Å². The van der Waals surface area contributed by atoms with Gasteiger partial charge in [0.25, 0.3) is 5.91 Å². The standard InChI is InChI=1S/C26H25N3O2S/c1-2-13-31-23-11-7-18(8-12-23)14-22(16-27)25(30)29-26-28-24(17-32-26)21-10-9-19-5-3-4-6-20(19)15-21/h7-12,14-15,17H,2-6,13H2,1H3,(H,28,29,30)/b22-14+. The molecule has 0 unspecified atom stereocenters. The van der Waals surface area contributed by atoms with Crippen LogP contribution in [0.15, 0.2) is 53.4 Å². The van der Waals surface area contributed by atoms with Crippen molar-refractivity contribution < 1.29 is 9.53 Å². The van der Waals surface area contributed by atoms with Gasteiger partial charge < -0.3 is 4.74 Å². The van der Waals surface area contributed by atoms with E-state index in [0.717, 1.165) is 41.8 Å². The molecule has 1 N–H and O–H groups in total. The number of aromatic nitrogens is 1. The summed E-state index contributed by atoms with van der Waals surface area (Å²) in [7, 11) is 0. The number of benzene rings is 2. The average molecular weight is 444 g/mol. The first-order valence-corrected chi connectivity index (χ1v) is 11.8. The molecule has 0 saturated carbocycles. The molecule has 0 atom stereocenters. The Labute approximate surface area is 192 Å². The van der Waals surface area contributed by atoms with Crippen LogP contribution in [0, 0.1) is 11.3 Å². The van der Waals surface area contributed by atoms with E-state index in [1.54, 1.807) is 6.08 Å². The molecule has 1 aliphatic rings. The van der Waals surface area contributed by atoms with E-state index in [-0.39, 0.29) is 5.57 Å². The van der Waals surface area contributed by atoms with Crippen LogP contribution in [0.2, 0.25) is 0 Å². The molecule has 1 heterocycles. The summed E-state index contributed by atoms with van der Waals surface area (Å²) in [5.74, 6) is 0.301. The number of amides is 1. The molecule has 1 aromatic heterocycles. The Bertz CT molecular complexity index is 1170. The predicted molar refractivity (Wildman–Crippen MR) is 129 cm³/mol. The van der Waals surface area contributed by atoms with Crippen LogP contribution in [0.1, 0.15) is 42.9 Å². The second-order valence-electron chi connectivity index (χ2n) is 7.77. The van der Waals surface area contributed by atoms with Crippen LogP contribution in [0.3, 0.4) is 0 Å². The van der Waals surface area contributed by atoms with E-state index < -0.39 is 5.91 Å². The number of nitrogens with zero attached hydrogens (tertiary/aromatic N) is 2. The molecule has 2 aromatic carbocycles. The summed E-state index contributed by atoms with van der Waals surface area (Å²) >= 11 is 1.36. The van der Waals surface area contributed by atoms with Gasteiger partial charge in [-0.2, -0.15) is 5.26 Å². The van der Waals surface area contributed by atoms with Gasteiger partial charge in [0, 0.05) is 10.9 Å². The summed E-state index contributed by atoms with van der Waals surface area (Å²) in [4.78, 5) is 17.2.